The molecule has 0 bridgehead atoms. The average Bonchev–Trinajstić information content (AvgIpc) is 3.00. The van der Waals surface area contributed by atoms with E-state index in [0.29, 0.717) is 17.9 Å². The summed E-state index contributed by atoms with van der Waals surface area (Å²) in [5, 5.41) is 0. The van der Waals surface area contributed by atoms with Crippen LogP contribution >= 0.6 is 0 Å². The first kappa shape index (κ1) is 30.2. The van der Waals surface area contributed by atoms with E-state index in [1.165, 1.54) is 11.1 Å². The highest BCUT2D eigenvalue weighted by molar-refractivity contribution is 7.91. The first-order chi connectivity index (χ1) is 20.4. The number of rotatable bonds is 7. The van der Waals surface area contributed by atoms with E-state index < -0.39 is 9.84 Å². The van der Waals surface area contributed by atoms with Crippen LogP contribution in [0.15, 0.2) is 84.0 Å². The molecular formula is C34H43N3O4S. The minimum absolute atomic E-state index is 0.00427. The van der Waals surface area contributed by atoms with Crippen LogP contribution in [0.2, 0.25) is 0 Å². The van der Waals surface area contributed by atoms with E-state index in [-0.39, 0.29) is 23.5 Å². The highest BCUT2D eigenvalue weighted by Crippen LogP contribution is 2.39. The number of nitrogens with zero attached hydrogens (tertiary/aromatic N) is 3. The minimum atomic E-state index is -3.37. The van der Waals surface area contributed by atoms with Gasteiger partial charge in [0.25, 0.3) is 0 Å². The number of carbonyl (C=O) groups is 1. The second kappa shape index (κ2) is 14.3. The summed E-state index contributed by atoms with van der Waals surface area (Å²) < 4.78 is 31.6. The van der Waals surface area contributed by atoms with Crippen LogP contribution < -0.4 is 4.74 Å². The smallest absolute Gasteiger partial charge is 0.222 e. The maximum Gasteiger partial charge on any atom is 0.222 e. The normalized spacial score (nSPS) is 18.3. The van der Waals surface area contributed by atoms with Crippen LogP contribution in [0.1, 0.15) is 56.1 Å². The van der Waals surface area contributed by atoms with Crippen molar-refractivity contribution in [2.24, 2.45) is 5.41 Å². The second-order valence-electron chi connectivity index (χ2n) is 11.8. The molecule has 2 aliphatic rings. The SMILES string of the molecule is O=C(CCCS(=O)(=O)c1ccccc1)N1CCC2(CCCCc3ccccc3OCCN(Cc3ccncc3)C2)CC1. The van der Waals surface area contributed by atoms with Crippen LogP contribution in [-0.2, 0) is 27.6 Å². The molecule has 8 heteroatoms. The molecule has 42 heavy (non-hydrogen) atoms. The standard InChI is InChI=1S/C34H43N3O4S/c38-33(14-8-26-42(39,40)31-11-2-1-3-12-31)37-22-18-34(19-23-37)17-7-6-10-30-9-4-5-13-32(30)41-25-24-36(28-34)27-29-15-20-35-21-16-29/h1-5,9,11-13,15-16,20-21H,6-8,10,14,17-19,22-28H2. The van der Waals surface area contributed by atoms with Gasteiger partial charge >= 0.3 is 0 Å². The molecule has 0 unspecified atom stereocenters. The monoisotopic (exact) mass is 589 g/mol. The summed E-state index contributed by atoms with van der Waals surface area (Å²) >= 11 is 0. The zero-order valence-corrected chi connectivity index (χ0v) is 25.3. The van der Waals surface area contributed by atoms with Crippen molar-refractivity contribution in [2.45, 2.75) is 62.8 Å². The van der Waals surface area contributed by atoms with Crippen molar-refractivity contribution in [1.82, 2.24) is 14.8 Å². The first-order valence-electron chi connectivity index (χ1n) is 15.3. The maximum atomic E-state index is 13.1. The topological polar surface area (TPSA) is 79.8 Å². The number of fused-ring (bicyclic) bond motifs is 1. The van der Waals surface area contributed by atoms with Gasteiger partial charge in [0, 0.05) is 51.5 Å². The molecule has 0 N–H and O–H groups in total. The van der Waals surface area contributed by atoms with E-state index in [9.17, 15) is 13.2 Å². The molecule has 1 fully saturated rings. The van der Waals surface area contributed by atoms with Gasteiger partial charge < -0.3 is 9.64 Å². The van der Waals surface area contributed by atoms with Gasteiger partial charge in [0.05, 0.1) is 10.6 Å². The van der Waals surface area contributed by atoms with Gasteiger partial charge in [0.1, 0.15) is 12.4 Å². The van der Waals surface area contributed by atoms with Crippen molar-refractivity contribution in [3.05, 3.63) is 90.3 Å². The van der Waals surface area contributed by atoms with Crippen LogP contribution in [0.5, 0.6) is 5.75 Å². The molecule has 0 aliphatic carbocycles. The number of pyridine rings is 1. The number of hydrogen-bond acceptors (Lipinski definition) is 6. The Labute approximate surface area is 250 Å². The van der Waals surface area contributed by atoms with Gasteiger partial charge in [-0.3, -0.25) is 14.7 Å². The molecule has 3 heterocycles. The van der Waals surface area contributed by atoms with E-state index >= 15 is 0 Å². The lowest BCUT2D eigenvalue weighted by Gasteiger charge is -2.45. The molecule has 2 aromatic carbocycles. The summed E-state index contributed by atoms with van der Waals surface area (Å²) in [6.45, 7) is 4.73. The first-order valence-corrected chi connectivity index (χ1v) is 17.0. The number of aromatic nitrogens is 1. The third-order valence-corrected chi connectivity index (χ3v) is 10.7. The number of hydrogen-bond donors (Lipinski definition) is 0. The number of aryl methyl sites for hydroxylation is 1. The lowest BCUT2D eigenvalue weighted by atomic mass is 9.73. The van der Waals surface area contributed by atoms with E-state index in [4.69, 9.17) is 4.74 Å². The molecule has 1 saturated heterocycles. The molecule has 2 aliphatic heterocycles. The van der Waals surface area contributed by atoms with Crippen LogP contribution in [0, 0.1) is 5.41 Å². The van der Waals surface area contributed by atoms with E-state index in [0.717, 1.165) is 77.0 Å². The Balaban J connectivity index is 1.21. The third-order valence-electron chi connectivity index (χ3n) is 8.84. The van der Waals surface area contributed by atoms with Crippen LogP contribution in [0.3, 0.4) is 0 Å². The molecule has 1 amide bonds. The largest absolute Gasteiger partial charge is 0.492 e. The van der Waals surface area contributed by atoms with Crippen molar-refractivity contribution >= 4 is 15.7 Å². The minimum Gasteiger partial charge on any atom is -0.492 e. The molecule has 1 aromatic heterocycles. The molecular weight excluding hydrogens is 546 g/mol. The van der Waals surface area contributed by atoms with E-state index in [1.54, 1.807) is 30.3 Å². The fourth-order valence-electron chi connectivity index (χ4n) is 6.42. The van der Waals surface area contributed by atoms with Crippen molar-refractivity contribution in [3.63, 3.8) is 0 Å². The number of para-hydroxylation sites is 1. The van der Waals surface area contributed by atoms with Crippen LogP contribution in [0.25, 0.3) is 0 Å². The lowest BCUT2D eigenvalue weighted by Crippen LogP contribution is -2.48. The Hall–Kier alpha value is -3.23. The Morgan fingerprint density at radius 2 is 1.62 bits per heavy atom. The van der Waals surface area contributed by atoms with E-state index in [1.807, 2.05) is 23.4 Å². The number of piperidine rings is 1. The molecule has 0 atom stereocenters. The number of carbonyl (C=O) groups excluding carboxylic acids is 1. The molecule has 3 aromatic rings. The number of sulfone groups is 1. The number of likely N-dealkylation sites (tertiary alicyclic amines) is 1. The zero-order chi connectivity index (χ0) is 29.3. The highest BCUT2D eigenvalue weighted by atomic mass is 32.2. The zero-order valence-electron chi connectivity index (χ0n) is 24.5. The van der Waals surface area contributed by atoms with Crippen molar-refractivity contribution < 1.29 is 17.9 Å². The predicted molar refractivity (Wildman–Crippen MR) is 165 cm³/mol. The summed E-state index contributed by atoms with van der Waals surface area (Å²) in [7, 11) is -3.37. The molecule has 7 nitrogen and oxygen atoms in total. The Morgan fingerprint density at radius 3 is 2.40 bits per heavy atom. The molecule has 5 rings (SSSR count). The summed E-state index contributed by atoms with van der Waals surface area (Å²) in [6, 6.07) is 21.1. The third kappa shape index (κ3) is 8.19. The number of ether oxygens (including phenoxy) is 1. The predicted octanol–water partition coefficient (Wildman–Crippen LogP) is 5.55. The maximum absolute atomic E-state index is 13.1. The van der Waals surface area contributed by atoms with Gasteiger partial charge in [0.2, 0.25) is 5.91 Å². The Kier molecular flexibility index (Phi) is 10.3. The van der Waals surface area contributed by atoms with Crippen molar-refractivity contribution in [3.8, 4) is 5.75 Å². The van der Waals surface area contributed by atoms with Crippen molar-refractivity contribution in [2.75, 3.05) is 38.5 Å². The second-order valence-corrected chi connectivity index (χ2v) is 14.0. The number of benzene rings is 2. The summed E-state index contributed by atoms with van der Waals surface area (Å²) in [5.41, 5.74) is 2.66. The molecule has 0 radical (unpaired) electrons. The molecule has 1 spiro atoms. The number of amides is 1. The van der Waals surface area contributed by atoms with Crippen LogP contribution in [0.4, 0.5) is 0 Å². The lowest BCUT2D eigenvalue weighted by molar-refractivity contribution is -0.134. The molecule has 224 valence electrons. The average molecular weight is 590 g/mol. The van der Waals surface area contributed by atoms with Gasteiger partial charge in [-0.1, -0.05) is 42.8 Å². The quantitative estimate of drug-likeness (QED) is 0.360. The van der Waals surface area contributed by atoms with Crippen molar-refractivity contribution in [1.29, 1.82) is 0 Å². The fraction of sp³-hybridized carbons (Fsp3) is 0.471. The summed E-state index contributed by atoms with van der Waals surface area (Å²) in [5.74, 6) is 1.07. The molecule has 0 saturated carbocycles. The fourth-order valence-corrected chi connectivity index (χ4v) is 7.75. The van der Waals surface area contributed by atoms with Gasteiger partial charge in [-0.15, -0.1) is 0 Å². The highest BCUT2D eigenvalue weighted by Gasteiger charge is 2.37. The van der Waals surface area contributed by atoms with Gasteiger partial charge in [-0.25, -0.2) is 8.42 Å². The summed E-state index contributed by atoms with van der Waals surface area (Å²) in [4.78, 5) is 22.1. The van der Waals surface area contributed by atoms with Crippen LogP contribution in [-0.4, -0.2) is 67.6 Å². The van der Waals surface area contributed by atoms with Gasteiger partial charge in [0.15, 0.2) is 9.84 Å². The van der Waals surface area contributed by atoms with Gasteiger partial charge in [-0.05, 0) is 85.4 Å². The Bertz CT molecular complexity index is 1390. The Morgan fingerprint density at radius 1 is 0.881 bits per heavy atom. The van der Waals surface area contributed by atoms with E-state index in [2.05, 4.69) is 40.2 Å². The van der Waals surface area contributed by atoms with Gasteiger partial charge in [-0.2, -0.15) is 0 Å². The summed E-state index contributed by atoms with van der Waals surface area (Å²) in [6.07, 6.45) is 10.7.